The van der Waals surface area contributed by atoms with Crippen molar-refractivity contribution in [2.24, 2.45) is 0 Å². The number of anilines is 3. The number of carbonyl (C=O) groups is 1. The van der Waals surface area contributed by atoms with Crippen LogP contribution in [0.4, 0.5) is 17.3 Å². The highest BCUT2D eigenvalue weighted by Gasteiger charge is 2.13. The molecular weight excluding hydrogens is 390 g/mol. The van der Waals surface area contributed by atoms with Crippen molar-refractivity contribution >= 4 is 45.9 Å². The summed E-state index contributed by atoms with van der Waals surface area (Å²) in [6.07, 6.45) is 1.46. The van der Waals surface area contributed by atoms with Crippen LogP contribution in [0.5, 0.6) is 0 Å². The SMILES string of the molecule is CNC(=O)c1cccc(CNc2n[nH]c3ncnc(Nc4cccc(Cl)c4)c23)c1. The predicted octanol–water partition coefficient (Wildman–Crippen LogP) is 3.72. The van der Waals surface area contributed by atoms with Crippen LogP contribution in [0.15, 0.2) is 54.9 Å². The van der Waals surface area contributed by atoms with Crippen LogP contribution < -0.4 is 16.0 Å². The molecule has 0 aliphatic rings. The molecule has 4 N–H and O–H groups in total. The van der Waals surface area contributed by atoms with E-state index in [0.717, 1.165) is 16.6 Å². The summed E-state index contributed by atoms with van der Waals surface area (Å²) >= 11 is 6.07. The first-order valence-corrected chi connectivity index (χ1v) is 9.28. The van der Waals surface area contributed by atoms with Crippen LogP contribution in [-0.4, -0.2) is 33.1 Å². The summed E-state index contributed by atoms with van der Waals surface area (Å²) in [6.45, 7) is 0.482. The Morgan fingerprint density at radius 1 is 1.10 bits per heavy atom. The number of rotatable bonds is 6. The van der Waals surface area contributed by atoms with Gasteiger partial charge in [-0.3, -0.25) is 9.89 Å². The first-order valence-electron chi connectivity index (χ1n) is 8.90. The maximum absolute atomic E-state index is 11.8. The van der Waals surface area contributed by atoms with Gasteiger partial charge >= 0.3 is 0 Å². The second kappa shape index (κ2) is 8.15. The molecule has 0 bridgehead atoms. The third kappa shape index (κ3) is 4.12. The maximum Gasteiger partial charge on any atom is 0.251 e. The largest absolute Gasteiger partial charge is 0.364 e. The van der Waals surface area contributed by atoms with E-state index >= 15 is 0 Å². The van der Waals surface area contributed by atoms with Crippen molar-refractivity contribution in [2.75, 3.05) is 17.7 Å². The third-order valence-corrected chi connectivity index (χ3v) is 4.56. The Kier molecular flexibility index (Phi) is 5.26. The minimum atomic E-state index is -0.126. The number of H-pyrrole nitrogens is 1. The normalized spacial score (nSPS) is 10.7. The van der Waals surface area contributed by atoms with Gasteiger partial charge in [-0.15, -0.1) is 0 Å². The fourth-order valence-corrected chi connectivity index (χ4v) is 3.13. The first kappa shape index (κ1) is 18.7. The fraction of sp³-hybridized carbons (Fsp3) is 0.100. The van der Waals surface area contributed by atoms with Gasteiger partial charge in [0, 0.05) is 29.9 Å². The van der Waals surface area contributed by atoms with E-state index in [4.69, 9.17) is 11.6 Å². The smallest absolute Gasteiger partial charge is 0.251 e. The standard InChI is InChI=1S/C20H18ClN7O/c1-22-20(29)13-5-2-4-12(8-13)10-23-18-16-17(24-11-25-19(16)28-27-18)26-15-7-3-6-14(21)9-15/h2-9,11H,10H2,1H3,(H,22,29)(H3,23,24,25,26,27,28). The number of nitrogens with one attached hydrogen (secondary N) is 4. The van der Waals surface area contributed by atoms with Gasteiger partial charge in [-0.2, -0.15) is 5.10 Å². The molecule has 0 unspecified atom stereocenters. The monoisotopic (exact) mass is 407 g/mol. The van der Waals surface area contributed by atoms with E-state index in [-0.39, 0.29) is 5.91 Å². The quantitative estimate of drug-likeness (QED) is 0.388. The predicted molar refractivity (Wildman–Crippen MR) is 114 cm³/mol. The minimum absolute atomic E-state index is 0.126. The molecule has 29 heavy (non-hydrogen) atoms. The minimum Gasteiger partial charge on any atom is -0.364 e. The number of carbonyl (C=O) groups excluding carboxylic acids is 1. The van der Waals surface area contributed by atoms with E-state index < -0.39 is 0 Å². The summed E-state index contributed by atoms with van der Waals surface area (Å²) in [7, 11) is 1.61. The van der Waals surface area contributed by atoms with Gasteiger partial charge in [-0.1, -0.05) is 29.8 Å². The highest BCUT2D eigenvalue weighted by Crippen LogP contribution is 2.28. The molecule has 0 saturated carbocycles. The molecule has 2 aromatic heterocycles. The van der Waals surface area contributed by atoms with Crippen LogP contribution in [0.1, 0.15) is 15.9 Å². The van der Waals surface area contributed by atoms with E-state index in [1.807, 2.05) is 36.4 Å². The number of aromatic amines is 1. The van der Waals surface area contributed by atoms with Gasteiger partial charge in [0.1, 0.15) is 17.5 Å². The van der Waals surface area contributed by atoms with Crippen molar-refractivity contribution in [1.29, 1.82) is 0 Å². The summed E-state index contributed by atoms with van der Waals surface area (Å²) in [5, 5.41) is 17.8. The van der Waals surface area contributed by atoms with Gasteiger partial charge in [0.05, 0.1) is 0 Å². The van der Waals surface area contributed by atoms with Crippen LogP contribution in [0.3, 0.4) is 0 Å². The molecule has 0 aliphatic carbocycles. The molecule has 0 fully saturated rings. The Morgan fingerprint density at radius 3 is 2.79 bits per heavy atom. The van der Waals surface area contributed by atoms with E-state index in [1.165, 1.54) is 6.33 Å². The summed E-state index contributed by atoms with van der Waals surface area (Å²) in [6, 6.07) is 14.8. The summed E-state index contributed by atoms with van der Waals surface area (Å²) in [5.74, 6) is 1.08. The Hall–Kier alpha value is -3.65. The van der Waals surface area contributed by atoms with E-state index in [9.17, 15) is 4.79 Å². The zero-order chi connectivity index (χ0) is 20.2. The second-order valence-corrected chi connectivity index (χ2v) is 6.72. The number of aromatic nitrogens is 4. The molecule has 0 spiro atoms. The highest BCUT2D eigenvalue weighted by molar-refractivity contribution is 6.30. The molecule has 0 saturated heterocycles. The molecule has 4 rings (SSSR count). The number of nitrogens with zero attached hydrogens (tertiary/aromatic N) is 3. The molecule has 9 heteroatoms. The van der Waals surface area contributed by atoms with Crippen molar-refractivity contribution in [1.82, 2.24) is 25.5 Å². The molecule has 2 aromatic carbocycles. The molecule has 0 atom stereocenters. The summed E-state index contributed by atoms with van der Waals surface area (Å²) in [5.41, 5.74) is 2.96. The van der Waals surface area contributed by atoms with Crippen LogP contribution in [0.2, 0.25) is 5.02 Å². The Labute approximate surface area is 171 Å². The average Bonchev–Trinajstić information content (AvgIpc) is 3.16. The van der Waals surface area contributed by atoms with Crippen molar-refractivity contribution in [3.63, 3.8) is 0 Å². The van der Waals surface area contributed by atoms with Crippen LogP contribution in [-0.2, 0) is 6.54 Å². The molecule has 8 nitrogen and oxygen atoms in total. The lowest BCUT2D eigenvalue weighted by atomic mass is 10.1. The molecule has 0 radical (unpaired) electrons. The highest BCUT2D eigenvalue weighted by atomic mass is 35.5. The Balaban J connectivity index is 1.59. The van der Waals surface area contributed by atoms with Gasteiger partial charge in [-0.25, -0.2) is 9.97 Å². The van der Waals surface area contributed by atoms with Gasteiger partial charge in [0.2, 0.25) is 0 Å². The number of benzene rings is 2. The zero-order valence-corrected chi connectivity index (χ0v) is 16.3. The summed E-state index contributed by atoms with van der Waals surface area (Å²) < 4.78 is 0. The zero-order valence-electron chi connectivity index (χ0n) is 15.5. The van der Waals surface area contributed by atoms with Crippen molar-refractivity contribution < 1.29 is 4.79 Å². The number of amides is 1. The van der Waals surface area contributed by atoms with E-state index in [0.29, 0.717) is 34.4 Å². The second-order valence-electron chi connectivity index (χ2n) is 6.29. The van der Waals surface area contributed by atoms with Crippen LogP contribution >= 0.6 is 11.6 Å². The van der Waals surface area contributed by atoms with E-state index in [1.54, 1.807) is 19.2 Å². The maximum atomic E-state index is 11.8. The van der Waals surface area contributed by atoms with Crippen molar-refractivity contribution in [3.05, 3.63) is 71.0 Å². The number of hydrogen-bond acceptors (Lipinski definition) is 6. The molecule has 0 aliphatic heterocycles. The van der Waals surface area contributed by atoms with Gasteiger partial charge < -0.3 is 16.0 Å². The van der Waals surface area contributed by atoms with Gasteiger partial charge in [0.15, 0.2) is 11.5 Å². The first-order chi connectivity index (χ1) is 14.1. The lowest BCUT2D eigenvalue weighted by Crippen LogP contribution is -2.18. The van der Waals surface area contributed by atoms with Crippen molar-refractivity contribution in [3.8, 4) is 0 Å². The molecule has 4 aromatic rings. The lowest BCUT2D eigenvalue weighted by molar-refractivity contribution is 0.0963. The van der Waals surface area contributed by atoms with E-state index in [2.05, 4.69) is 36.1 Å². The van der Waals surface area contributed by atoms with Crippen LogP contribution in [0.25, 0.3) is 11.0 Å². The Morgan fingerprint density at radius 2 is 1.97 bits per heavy atom. The molecule has 1 amide bonds. The molecule has 146 valence electrons. The summed E-state index contributed by atoms with van der Waals surface area (Å²) in [4.78, 5) is 20.4. The van der Waals surface area contributed by atoms with Gasteiger partial charge in [-0.05, 0) is 35.9 Å². The van der Waals surface area contributed by atoms with Crippen LogP contribution in [0, 0.1) is 0 Å². The number of hydrogen-bond donors (Lipinski definition) is 4. The average molecular weight is 408 g/mol. The number of halogens is 1. The third-order valence-electron chi connectivity index (χ3n) is 4.32. The number of fused-ring (bicyclic) bond motifs is 1. The van der Waals surface area contributed by atoms with Crippen molar-refractivity contribution in [2.45, 2.75) is 6.54 Å². The molecule has 2 heterocycles. The fourth-order valence-electron chi connectivity index (χ4n) is 2.94. The van der Waals surface area contributed by atoms with Gasteiger partial charge in [0.25, 0.3) is 5.91 Å². The Bertz CT molecular complexity index is 1170. The topological polar surface area (TPSA) is 108 Å². The lowest BCUT2D eigenvalue weighted by Gasteiger charge is -2.09. The molecular formula is C20H18ClN7O.